The molecule has 1 saturated heterocycles. The second kappa shape index (κ2) is 7.91. The van der Waals surface area contributed by atoms with Gasteiger partial charge in [-0.1, -0.05) is 18.6 Å². The zero-order valence-electron chi connectivity index (χ0n) is 15.4. The van der Waals surface area contributed by atoms with Crippen LogP contribution in [0.25, 0.3) is 0 Å². The van der Waals surface area contributed by atoms with E-state index in [2.05, 4.69) is 27.1 Å². The highest BCUT2D eigenvalue weighted by Crippen LogP contribution is 2.26. The normalized spacial score (nSPS) is 17.0. The van der Waals surface area contributed by atoms with Crippen LogP contribution in [0.5, 0.6) is 0 Å². The summed E-state index contributed by atoms with van der Waals surface area (Å²) >= 11 is 0. The monoisotopic (exact) mass is 344 g/mol. The van der Waals surface area contributed by atoms with E-state index < -0.39 is 6.10 Å². The minimum atomic E-state index is -0.561. The Morgan fingerprint density at radius 1 is 1.32 bits per heavy atom. The van der Waals surface area contributed by atoms with Crippen LogP contribution >= 0.6 is 0 Å². The van der Waals surface area contributed by atoms with Crippen molar-refractivity contribution in [3.63, 3.8) is 0 Å². The van der Waals surface area contributed by atoms with Crippen LogP contribution in [-0.4, -0.2) is 43.2 Å². The Hall–Kier alpha value is -2.02. The van der Waals surface area contributed by atoms with E-state index in [1.807, 2.05) is 24.0 Å². The molecule has 3 heterocycles. The highest BCUT2D eigenvalue weighted by molar-refractivity contribution is 5.46. The molecule has 7 heteroatoms. The molecule has 1 aliphatic heterocycles. The topological polar surface area (TPSA) is 80.0 Å². The van der Waals surface area contributed by atoms with Crippen LogP contribution < -0.4 is 4.90 Å². The lowest BCUT2D eigenvalue weighted by atomic mass is 9.96. The summed E-state index contributed by atoms with van der Waals surface area (Å²) in [4.78, 5) is 11.5. The molecule has 1 aliphatic rings. The van der Waals surface area contributed by atoms with Gasteiger partial charge in [0.05, 0.1) is 12.3 Å². The first-order chi connectivity index (χ1) is 12.1. The number of rotatable bonds is 6. The van der Waals surface area contributed by atoms with Crippen LogP contribution in [0.2, 0.25) is 0 Å². The van der Waals surface area contributed by atoms with Crippen molar-refractivity contribution in [3.8, 4) is 0 Å². The van der Waals surface area contributed by atoms with Crippen molar-refractivity contribution in [2.75, 3.05) is 18.0 Å². The quantitative estimate of drug-likeness (QED) is 0.866. The van der Waals surface area contributed by atoms with E-state index in [-0.39, 0.29) is 0 Å². The van der Waals surface area contributed by atoms with Crippen molar-refractivity contribution in [2.24, 2.45) is 5.92 Å². The maximum absolute atomic E-state index is 9.56. The molecule has 1 N–H and O–H groups in total. The third-order valence-corrected chi connectivity index (χ3v) is 4.83. The predicted octanol–water partition coefficient (Wildman–Crippen LogP) is 2.30. The summed E-state index contributed by atoms with van der Waals surface area (Å²) in [5.41, 5.74) is 1.89. The summed E-state index contributed by atoms with van der Waals surface area (Å²) < 4.78 is 1.86. The largest absolute Gasteiger partial charge is 0.387 e. The van der Waals surface area contributed by atoms with Crippen molar-refractivity contribution in [1.82, 2.24) is 25.0 Å². The van der Waals surface area contributed by atoms with Crippen LogP contribution in [0.1, 0.15) is 56.3 Å². The number of aliphatic hydroxyl groups excluding tert-OH is 1. The molecule has 1 fully saturated rings. The van der Waals surface area contributed by atoms with Crippen molar-refractivity contribution >= 4 is 5.82 Å². The molecular formula is C18H28N6O. The highest BCUT2D eigenvalue weighted by Gasteiger charge is 2.23. The summed E-state index contributed by atoms with van der Waals surface area (Å²) in [7, 11) is 0. The number of hydrogen-bond acceptors (Lipinski definition) is 6. The Morgan fingerprint density at radius 3 is 2.72 bits per heavy atom. The molecule has 25 heavy (non-hydrogen) atoms. The number of aryl methyl sites for hydroxylation is 2. The molecule has 7 nitrogen and oxygen atoms in total. The van der Waals surface area contributed by atoms with E-state index >= 15 is 0 Å². The molecule has 0 unspecified atom stereocenters. The first kappa shape index (κ1) is 17.8. The van der Waals surface area contributed by atoms with Gasteiger partial charge in [-0.15, -0.1) is 5.10 Å². The Balaban J connectivity index is 1.61. The van der Waals surface area contributed by atoms with Crippen molar-refractivity contribution in [1.29, 1.82) is 0 Å². The lowest BCUT2D eigenvalue weighted by Crippen LogP contribution is -2.36. The Kier molecular flexibility index (Phi) is 5.63. The standard InChI is InChI=1S/C18H28N6O/c1-4-5-16-10-19-14(3)20-18(16)23-8-6-15(7-9-23)11-24-12-17(13(2)25)21-22-24/h10,12-13,15,25H,4-9,11H2,1-3H3/t13-/m0/s1. The summed E-state index contributed by atoms with van der Waals surface area (Å²) in [6.45, 7) is 8.74. The van der Waals surface area contributed by atoms with Gasteiger partial charge in [-0.3, -0.25) is 4.68 Å². The van der Waals surface area contributed by atoms with Gasteiger partial charge in [0.25, 0.3) is 0 Å². The number of hydrogen-bond donors (Lipinski definition) is 1. The highest BCUT2D eigenvalue weighted by atomic mass is 16.3. The average molecular weight is 344 g/mol. The second-order valence-electron chi connectivity index (χ2n) is 6.99. The van der Waals surface area contributed by atoms with Gasteiger partial charge < -0.3 is 10.0 Å². The molecule has 3 rings (SSSR count). The summed E-state index contributed by atoms with van der Waals surface area (Å²) in [6.07, 6.45) is 7.62. The van der Waals surface area contributed by atoms with E-state index in [0.29, 0.717) is 11.6 Å². The van der Waals surface area contributed by atoms with E-state index in [0.717, 1.165) is 57.0 Å². The predicted molar refractivity (Wildman–Crippen MR) is 96.4 cm³/mol. The third kappa shape index (κ3) is 4.34. The van der Waals surface area contributed by atoms with E-state index in [9.17, 15) is 5.11 Å². The van der Waals surface area contributed by atoms with Gasteiger partial charge >= 0.3 is 0 Å². The fourth-order valence-corrected chi connectivity index (χ4v) is 3.39. The SMILES string of the molecule is CCCc1cnc(C)nc1N1CCC(Cn2cc([C@H](C)O)nn2)CC1. The molecule has 0 amide bonds. The number of aromatic nitrogens is 5. The number of piperidine rings is 1. The van der Waals surface area contributed by atoms with E-state index in [1.165, 1.54) is 5.56 Å². The van der Waals surface area contributed by atoms with Crippen molar-refractivity contribution < 1.29 is 5.11 Å². The molecule has 0 aromatic carbocycles. The maximum Gasteiger partial charge on any atom is 0.135 e. The van der Waals surface area contributed by atoms with Crippen LogP contribution in [0, 0.1) is 12.8 Å². The van der Waals surface area contributed by atoms with Gasteiger partial charge in [-0.05, 0) is 39.0 Å². The van der Waals surface area contributed by atoms with E-state index in [4.69, 9.17) is 4.98 Å². The number of nitrogens with zero attached hydrogens (tertiary/aromatic N) is 6. The summed E-state index contributed by atoms with van der Waals surface area (Å²) in [5, 5.41) is 17.7. The zero-order chi connectivity index (χ0) is 17.8. The van der Waals surface area contributed by atoms with Crippen LogP contribution in [0.4, 0.5) is 5.82 Å². The number of aliphatic hydroxyl groups is 1. The summed E-state index contributed by atoms with van der Waals surface area (Å²) in [6, 6.07) is 0. The molecular weight excluding hydrogens is 316 g/mol. The first-order valence-electron chi connectivity index (χ1n) is 9.22. The minimum Gasteiger partial charge on any atom is -0.387 e. The number of anilines is 1. The molecule has 0 spiro atoms. The van der Waals surface area contributed by atoms with E-state index in [1.54, 1.807) is 6.92 Å². The fourth-order valence-electron chi connectivity index (χ4n) is 3.39. The smallest absolute Gasteiger partial charge is 0.135 e. The molecule has 2 aromatic rings. The molecule has 0 saturated carbocycles. The van der Waals surface area contributed by atoms with Gasteiger partial charge in [-0.25, -0.2) is 9.97 Å². The molecule has 0 bridgehead atoms. The van der Waals surface area contributed by atoms with Crippen molar-refractivity contribution in [2.45, 2.75) is 59.1 Å². The molecule has 0 aliphatic carbocycles. The average Bonchev–Trinajstić information content (AvgIpc) is 3.06. The van der Waals surface area contributed by atoms with Crippen LogP contribution in [-0.2, 0) is 13.0 Å². The van der Waals surface area contributed by atoms with Crippen molar-refractivity contribution in [3.05, 3.63) is 29.5 Å². The van der Waals surface area contributed by atoms with Gasteiger partial charge in [-0.2, -0.15) is 0 Å². The first-order valence-corrected chi connectivity index (χ1v) is 9.22. The van der Waals surface area contributed by atoms with Gasteiger partial charge in [0.2, 0.25) is 0 Å². The second-order valence-corrected chi connectivity index (χ2v) is 6.99. The van der Waals surface area contributed by atoms with Gasteiger partial charge in [0, 0.05) is 31.4 Å². The molecule has 0 radical (unpaired) electrons. The molecule has 136 valence electrons. The zero-order valence-corrected chi connectivity index (χ0v) is 15.4. The van der Waals surface area contributed by atoms with Crippen LogP contribution in [0.15, 0.2) is 12.4 Å². The lowest BCUT2D eigenvalue weighted by Gasteiger charge is -2.33. The minimum absolute atomic E-state index is 0.561. The Bertz CT molecular complexity index is 691. The Labute approximate surface area is 149 Å². The lowest BCUT2D eigenvalue weighted by molar-refractivity contribution is 0.194. The molecule has 1 atom stereocenters. The third-order valence-electron chi connectivity index (χ3n) is 4.83. The summed E-state index contributed by atoms with van der Waals surface area (Å²) in [5.74, 6) is 2.53. The van der Waals surface area contributed by atoms with Gasteiger partial charge in [0.1, 0.15) is 17.3 Å². The van der Waals surface area contributed by atoms with Gasteiger partial charge in [0.15, 0.2) is 0 Å². The Morgan fingerprint density at radius 2 is 2.08 bits per heavy atom. The maximum atomic E-state index is 9.56. The van der Waals surface area contributed by atoms with Crippen LogP contribution in [0.3, 0.4) is 0 Å². The molecule has 2 aromatic heterocycles. The fraction of sp³-hybridized carbons (Fsp3) is 0.667.